The molecule has 0 radical (unpaired) electrons. The first-order valence-electron chi connectivity index (χ1n) is 4.62. The molecule has 2 rings (SSSR count). The average Bonchev–Trinajstić information content (AvgIpc) is 2.66. The monoisotopic (exact) mass is 210 g/mol. The molecule has 3 atom stereocenters. The van der Waals surface area contributed by atoms with E-state index in [1.165, 1.54) is 6.42 Å². The van der Waals surface area contributed by atoms with E-state index in [4.69, 9.17) is 5.11 Å². The van der Waals surface area contributed by atoms with Crippen LogP contribution in [-0.4, -0.2) is 17.5 Å². The van der Waals surface area contributed by atoms with E-state index in [-0.39, 0.29) is 5.92 Å². The summed E-state index contributed by atoms with van der Waals surface area (Å²) in [4.78, 5) is 0. The summed E-state index contributed by atoms with van der Waals surface area (Å²) in [5.74, 6) is 0.431. The standard InChI is InChI=1S/C8H12F2S.CH4O/c9-8(10,11)7-4-5-1-2-6(7)3-5;1-2/h5-7,11H,1-4H2;2H,1H3. The van der Waals surface area contributed by atoms with Crippen LogP contribution in [0.1, 0.15) is 25.7 Å². The summed E-state index contributed by atoms with van der Waals surface area (Å²) >= 11 is 3.35. The highest BCUT2D eigenvalue weighted by atomic mass is 32.1. The van der Waals surface area contributed by atoms with Crippen LogP contribution in [0.3, 0.4) is 0 Å². The van der Waals surface area contributed by atoms with E-state index in [9.17, 15) is 8.78 Å². The highest BCUT2D eigenvalue weighted by molar-refractivity contribution is 7.81. The SMILES string of the molecule is CO.FC(F)(S)C1CC2CCC1C2. The molecule has 4 heteroatoms. The molecule has 78 valence electrons. The third kappa shape index (κ3) is 2.34. The van der Waals surface area contributed by atoms with Gasteiger partial charge < -0.3 is 5.11 Å². The second-order valence-electron chi connectivity index (χ2n) is 3.87. The predicted octanol–water partition coefficient (Wildman–Crippen LogP) is 2.55. The lowest BCUT2D eigenvalue weighted by Gasteiger charge is -2.26. The number of hydrogen-bond donors (Lipinski definition) is 2. The highest BCUT2D eigenvalue weighted by Crippen LogP contribution is 2.54. The molecule has 0 spiro atoms. The fraction of sp³-hybridized carbons (Fsp3) is 1.00. The lowest BCUT2D eigenvalue weighted by atomic mass is 9.89. The zero-order valence-electron chi connectivity index (χ0n) is 7.71. The van der Waals surface area contributed by atoms with Crippen molar-refractivity contribution in [3.05, 3.63) is 0 Å². The molecule has 0 aromatic rings. The normalized spacial score (nSPS) is 37.2. The van der Waals surface area contributed by atoms with Gasteiger partial charge in [0.05, 0.1) is 0 Å². The minimum atomic E-state index is -2.72. The fourth-order valence-electron chi connectivity index (χ4n) is 2.67. The van der Waals surface area contributed by atoms with Crippen molar-refractivity contribution in [3.8, 4) is 0 Å². The Bertz CT molecular complexity index is 169. The summed E-state index contributed by atoms with van der Waals surface area (Å²) in [5.41, 5.74) is 0. The number of fused-ring (bicyclic) bond motifs is 2. The van der Waals surface area contributed by atoms with Gasteiger partial charge in [-0.3, -0.25) is 0 Å². The predicted molar refractivity (Wildman–Crippen MR) is 51.0 cm³/mol. The minimum absolute atomic E-state index is 0.271. The van der Waals surface area contributed by atoms with Gasteiger partial charge in [0.25, 0.3) is 5.25 Å². The molecule has 0 saturated heterocycles. The van der Waals surface area contributed by atoms with Crippen molar-refractivity contribution < 1.29 is 13.9 Å². The number of rotatable bonds is 1. The molecule has 3 unspecified atom stereocenters. The van der Waals surface area contributed by atoms with Crippen molar-refractivity contribution in [1.29, 1.82) is 0 Å². The van der Waals surface area contributed by atoms with Gasteiger partial charge in [0.1, 0.15) is 0 Å². The molecular weight excluding hydrogens is 194 g/mol. The van der Waals surface area contributed by atoms with E-state index in [0.29, 0.717) is 12.3 Å². The van der Waals surface area contributed by atoms with Gasteiger partial charge >= 0.3 is 0 Å². The second kappa shape index (κ2) is 4.13. The third-order valence-electron chi connectivity index (χ3n) is 3.18. The molecule has 2 fully saturated rings. The van der Waals surface area contributed by atoms with E-state index >= 15 is 0 Å². The van der Waals surface area contributed by atoms with Gasteiger partial charge in [0, 0.05) is 13.0 Å². The number of thiol groups is 1. The van der Waals surface area contributed by atoms with E-state index in [1.807, 2.05) is 0 Å². The highest BCUT2D eigenvalue weighted by Gasteiger charge is 2.50. The quantitative estimate of drug-likeness (QED) is 0.637. The van der Waals surface area contributed by atoms with Crippen LogP contribution in [0, 0.1) is 17.8 Å². The maximum atomic E-state index is 12.7. The zero-order chi connectivity index (χ0) is 10.1. The molecule has 0 aromatic heterocycles. The van der Waals surface area contributed by atoms with Crippen LogP contribution in [0.4, 0.5) is 8.78 Å². The Kier molecular flexibility index (Phi) is 3.57. The lowest BCUT2D eigenvalue weighted by Crippen LogP contribution is -2.26. The van der Waals surface area contributed by atoms with E-state index < -0.39 is 11.2 Å². The molecule has 2 aliphatic carbocycles. The van der Waals surface area contributed by atoms with Crippen LogP contribution in [0.2, 0.25) is 0 Å². The molecule has 0 aliphatic heterocycles. The Balaban J connectivity index is 0.000000396. The Morgan fingerprint density at radius 3 is 2.08 bits per heavy atom. The molecule has 0 aromatic carbocycles. The molecular formula is C9H16F2OS. The Morgan fingerprint density at radius 1 is 1.23 bits per heavy atom. The van der Waals surface area contributed by atoms with Crippen molar-refractivity contribution >= 4 is 12.6 Å². The molecule has 0 heterocycles. The van der Waals surface area contributed by atoms with Crippen LogP contribution in [0.5, 0.6) is 0 Å². The molecule has 2 bridgehead atoms. The molecule has 13 heavy (non-hydrogen) atoms. The number of aliphatic hydroxyl groups is 1. The van der Waals surface area contributed by atoms with Gasteiger partial charge in [0.2, 0.25) is 0 Å². The Morgan fingerprint density at radius 2 is 1.85 bits per heavy atom. The first-order valence-corrected chi connectivity index (χ1v) is 5.07. The third-order valence-corrected chi connectivity index (χ3v) is 3.52. The maximum Gasteiger partial charge on any atom is 0.294 e. The summed E-state index contributed by atoms with van der Waals surface area (Å²) in [6.07, 6.45) is 3.92. The summed E-state index contributed by atoms with van der Waals surface area (Å²) in [6, 6.07) is 0. The first kappa shape index (κ1) is 11.2. The van der Waals surface area contributed by atoms with Crippen molar-refractivity contribution in [3.63, 3.8) is 0 Å². The largest absolute Gasteiger partial charge is 0.400 e. The molecule has 2 saturated carbocycles. The number of hydrogen-bond acceptors (Lipinski definition) is 2. The lowest BCUT2D eigenvalue weighted by molar-refractivity contribution is 0.0126. The van der Waals surface area contributed by atoms with Crippen molar-refractivity contribution in [2.75, 3.05) is 7.11 Å². The average molecular weight is 210 g/mol. The van der Waals surface area contributed by atoms with Crippen LogP contribution >= 0.6 is 12.6 Å². The first-order chi connectivity index (χ1) is 6.07. The number of alkyl halides is 2. The van der Waals surface area contributed by atoms with E-state index in [0.717, 1.165) is 20.0 Å². The Labute approximate surface area is 82.9 Å². The smallest absolute Gasteiger partial charge is 0.294 e. The van der Waals surface area contributed by atoms with Crippen LogP contribution in [-0.2, 0) is 0 Å². The molecule has 1 nitrogen and oxygen atoms in total. The van der Waals surface area contributed by atoms with Crippen LogP contribution in [0.25, 0.3) is 0 Å². The van der Waals surface area contributed by atoms with E-state index in [1.54, 1.807) is 0 Å². The van der Waals surface area contributed by atoms with Crippen LogP contribution in [0.15, 0.2) is 0 Å². The fourth-order valence-corrected chi connectivity index (χ4v) is 2.99. The minimum Gasteiger partial charge on any atom is -0.400 e. The van der Waals surface area contributed by atoms with Gasteiger partial charge in [-0.1, -0.05) is 6.42 Å². The topological polar surface area (TPSA) is 20.2 Å². The van der Waals surface area contributed by atoms with E-state index in [2.05, 4.69) is 12.6 Å². The number of halogens is 2. The van der Waals surface area contributed by atoms with Crippen molar-refractivity contribution in [1.82, 2.24) is 0 Å². The van der Waals surface area contributed by atoms with Gasteiger partial charge in [-0.2, -0.15) is 8.78 Å². The maximum absolute atomic E-state index is 12.7. The van der Waals surface area contributed by atoms with Crippen molar-refractivity contribution in [2.45, 2.75) is 30.9 Å². The molecule has 1 N–H and O–H groups in total. The number of aliphatic hydroxyl groups excluding tert-OH is 1. The summed E-state index contributed by atoms with van der Waals surface area (Å²) in [6.45, 7) is 0. The second-order valence-corrected chi connectivity index (χ2v) is 4.47. The summed E-state index contributed by atoms with van der Waals surface area (Å²) in [7, 11) is 1.00. The van der Waals surface area contributed by atoms with Gasteiger partial charge in [-0.05, 0) is 31.1 Å². The van der Waals surface area contributed by atoms with Gasteiger partial charge in [-0.15, -0.1) is 12.6 Å². The summed E-state index contributed by atoms with van der Waals surface area (Å²) in [5, 5.41) is 4.28. The Hall–Kier alpha value is 0.170. The molecule has 2 aliphatic rings. The zero-order valence-corrected chi connectivity index (χ0v) is 8.61. The molecule has 0 amide bonds. The van der Waals surface area contributed by atoms with Gasteiger partial charge in [0.15, 0.2) is 0 Å². The van der Waals surface area contributed by atoms with Crippen LogP contribution < -0.4 is 0 Å². The van der Waals surface area contributed by atoms with Crippen molar-refractivity contribution in [2.24, 2.45) is 17.8 Å². The summed E-state index contributed by atoms with van der Waals surface area (Å²) < 4.78 is 25.5. The van der Waals surface area contributed by atoms with Gasteiger partial charge in [-0.25, -0.2) is 0 Å².